The van der Waals surface area contributed by atoms with Crippen LogP contribution in [0.3, 0.4) is 0 Å². The number of carboxylic acids is 1. The van der Waals surface area contributed by atoms with Crippen molar-refractivity contribution in [3.8, 4) is 10.6 Å². The molecule has 0 unspecified atom stereocenters. The third-order valence-corrected chi connectivity index (χ3v) is 5.14. The van der Waals surface area contributed by atoms with E-state index in [2.05, 4.69) is 22.7 Å². The standard InChI is InChI=1S/C22H18N4O2S/c27-22(28)17-8-10-19(11-9-17)24-23-13-18-15-26(14-16-5-2-1-3-6-16)25-21(18)20-7-4-12-29-20/h1-13,15,24H,14H2,(H,27,28)/b23-13-. The zero-order chi connectivity index (χ0) is 20.1. The van der Waals surface area contributed by atoms with Gasteiger partial charge in [0, 0.05) is 11.8 Å². The van der Waals surface area contributed by atoms with Gasteiger partial charge in [-0.2, -0.15) is 10.2 Å². The van der Waals surface area contributed by atoms with E-state index < -0.39 is 5.97 Å². The number of carboxylic acid groups (broad SMARTS) is 1. The molecule has 4 aromatic rings. The van der Waals surface area contributed by atoms with Gasteiger partial charge in [0.05, 0.1) is 28.9 Å². The first-order valence-corrected chi connectivity index (χ1v) is 9.85. The van der Waals surface area contributed by atoms with Crippen LogP contribution >= 0.6 is 11.3 Å². The molecule has 0 aliphatic rings. The number of carbonyl (C=O) groups is 1. The molecule has 4 rings (SSSR count). The molecule has 2 aromatic heterocycles. The van der Waals surface area contributed by atoms with Crippen molar-refractivity contribution in [1.29, 1.82) is 0 Å². The topological polar surface area (TPSA) is 79.5 Å². The number of anilines is 1. The molecule has 2 aromatic carbocycles. The number of nitrogens with zero attached hydrogens (tertiary/aromatic N) is 3. The van der Waals surface area contributed by atoms with Gasteiger partial charge in [0.1, 0.15) is 5.69 Å². The first kappa shape index (κ1) is 18.6. The number of aromatic carboxylic acids is 1. The first-order valence-electron chi connectivity index (χ1n) is 8.97. The quantitative estimate of drug-likeness (QED) is 0.344. The Balaban J connectivity index is 1.55. The predicted octanol–water partition coefficient (Wildman–Crippen LogP) is 4.80. The molecule has 29 heavy (non-hydrogen) atoms. The highest BCUT2D eigenvalue weighted by Gasteiger charge is 2.11. The van der Waals surface area contributed by atoms with Gasteiger partial charge in [-0.1, -0.05) is 36.4 Å². The van der Waals surface area contributed by atoms with Crippen molar-refractivity contribution < 1.29 is 9.90 Å². The molecule has 7 heteroatoms. The van der Waals surface area contributed by atoms with Crippen LogP contribution in [0, 0.1) is 0 Å². The third-order valence-electron chi connectivity index (χ3n) is 4.26. The minimum Gasteiger partial charge on any atom is -0.478 e. The number of aromatic nitrogens is 2. The van der Waals surface area contributed by atoms with E-state index >= 15 is 0 Å². The lowest BCUT2D eigenvalue weighted by molar-refractivity contribution is 0.0697. The fraction of sp³-hybridized carbons (Fsp3) is 0.0455. The van der Waals surface area contributed by atoms with Crippen LogP contribution in [0.15, 0.2) is 83.4 Å². The van der Waals surface area contributed by atoms with Crippen LogP contribution in [0.1, 0.15) is 21.5 Å². The SMILES string of the molecule is O=C(O)c1ccc(N/N=C\c2cn(Cc3ccccc3)nc2-c2cccs2)cc1. The number of thiophene rings is 1. The van der Waals surface area contributed by atoms with Crippen LogP contribution in [0.5, 0.6) is 0 Å². The summed E-state index contributed by atoms with van der Waals surface area (Å²) in [6.45, 7) is 0.678. The fourth-order valence-corrected chi connectivity index (χ4v) is 3.58. The van der Waals surface area contributed by atoms with Crippen molar-refractivity contribution in [2.45, 2.75) is 6.54 Å². The van der Waals surface area contributed by atoms with Crippen LogP contribution in [0.25, 0.3) is 10.6 Å². The summed E-state index contributed by atoms with van der Waals surface area (Å²) < 4.78 is 1.91. The maximum Gasteiger partial charge on any atom is 0.335 e. The summed E-state index contributed by atoms with van der Waals surface area (Å²) in [6.07, 6.45) is 3.70. The fourth-order valence-electron chi connectivity index (χ4n) is 2.85. The van der Waals surface area contributed by atoms with E-state index in [-0.39, 0.29) is 5.56 Å². The predicted molar refractivity (Wildman–Crippen MR) is 116 cm³/mol. The molecule has 0 aliphatic carbocycles. The summed E-state index contributed by atoms with van der Waals surface area (Å²) in [6, 6.07) is 20.6. The van der Waals surface area contributed by atoms with E-state index in [1.54, 1.807) is 29.7 Å². The zero-order valence-electron chi connectivity index (χ0n) is 15.4. The maximum atomic E-state index is 10.9. The van der Waals surface area contributed by atoms with Gasteiger partial charge in [-0.15, -0.1) is 11.3 Å². The molecule has 0 fully saturated rings. The van der Waals surface area contributed by atoms with Crippen LogP contribution in [-0.4, -0.2) is 27.1 Å². The number of nitrogens with one attached hydrogen (secondary N) is 1. The Morgan fingerprint density at radius 3 is 2.59 bits per heavy atom. The smallest absolute Gasteiger partial charge is 0.335 e. The lowest BCUT2D eigenvalue weighted by Gasteiger charge is -2.00. The second kappa shape index (κ2) is 8.53. The Labute approximate surface area is 171 Å². The van der Waals surface area contributed by atoms with E-state index in [1.165, 1.54) is 17.7 Å². The number of hydrazone groups is 1. The lowest BCUT2D eigenvalue weighted by Crippen LogP contribution is -1.99. The molecule has 0 saturated heterocycles. The van der Waals surface area contributed by atoms with Crippen molar-refractivity contribution >= 4 is 29.2 Å². The van der Waals surface area contributed by atoms with Crippen LogP contribution in [0.2, 0.25) is 0 Å². The highest BCUT2D eigenvalue weighted by atomic mass is 32.1. The number of hydrogen-bond acceptors (Lipinski definition) is 5. The summed E-state index contributed by atoms with van der Waals surface area (Å²) in [5.74, 6) is -0.952. The highest BCUT2D eigenvalue weighted by molar-refractivity contribution is 7.13. The number of rotatable bonds is 7. The molecule has 0 bridgehead atoms. The van der Waals surface area contributed by atoms with E-state index in [0.717, 1.165) is 16.1 Å². The van der Waals surface area contributed by atoms with Crippen molar-refractivity contribution in [3.63, 3.8) is 0 Å². The molecule has 0 amide bonds. The van der Waals surface area contributed by atoms with Gasteiger partial charge in [-0.05, 0) is 41.3 Å². The molecule has 6 nitrogen and oxygen atoms in total. The summed E-state index contributed by atoms with van der Waals surface area (Å²) in [5.41, 5.74) is 6.83. The Hall–Kier alpha value is -3.71. The molecule has 0 saturated carbocycles. The summed E-state index contributed by atoms with van der Waals surface area (Å²) in [7, 11) is 0. The van der Waals surface area contributed by atoms with Crippen LogP contribution in [0.4, 0.5) is 5.69 Å². The van der Waals surface area contributed by atoms with Crippen LogP contribution in [-0.2, 0) is 6.54 Å². The highest BCUT2D eigenvalue weighted by Crippen LogP contribution is 2.26. The Bertz CT molecular complexity index is 1120. The maximum absolute atomic E-state index is 10.9. The Morgan fingerprint density at radius 1 is 1.10 bits per heavy atom. The molecule has 144 valence electrons. The van der Waals surface area contributed by atoms with E-state index in [1.807, 2.05) is 46.6 Å². The molecule has 2 heterocycles. The van der Waals surface area contributed by atoms with E-state index in [4.69, 9.17) is 10.2 Å². The minimum absolute atomic E-state index is 0.238. The zero-order valence-corrected chi connectivity index (χ0v) is 16.2. The monoisotopic (exact) mass is 402 g/mol. The second-order valence-corrected chi connectivity index (χ2v) is 7.29. The van der Waals surface area contributed by atoms with Crippen molar-refractivity contribution in [2.75, 3.05) is 5.43 Å². The van der Waals surface area contributed by atoms with Crippen LogP contribution < -0.4 is 5.43 Å². The Kier molecular flexibility index (Phi) is 5.49. The Morgan fingerprint density at radius 2 is 1.90 bits per heavy atom. The second-order valence-electron chi connectivity index (χ2n) is 6.35. The van der Waals surface area contributed by atoms with Gasteiger partial charge >= 0.3 is 5.97 Å². The summed E-state index contributed by atoms with van der Waals surface area (Å²) in [5, 5.41) is 20.0. The minimum atomic E-state index is -0.952. The summed E-state index contributed by atoms with van der Waals surface area (Å²) in [4.78, 5) is 12.0. The van der Waals surface area contributed by atoms with Crippen molar-refractivity contribution in [1.82, 2.24) is 9.78 Å². The molecule has 0 atom stereocenters. The normalized spacial score (nSPS) is 11.0. The molecule has 0 radical (unpaired) electrons. The number of benzene rings is 2. The molecular weight excluding hydrogens is 384 g/mol. The first-order chi connectivity index (χ1) is 14.2. The van der Waals surface area contributed by atoms with E-state index in [0.29, 0.717) is 12.2 Å². The van der Waals surface area contributed by atoms with E-state index in [9.17, 15) is 4.79 Å². The average Bonchev–Trinajstić information content (AvgIpc) is 3.39. The molecule has 0 aliphatic heterocycles. The van der Waals surface area contributed by atoms with Gasteiger partial charge in [0.2, 0.25) is 0 Å². The van der Waals surface area contributed by atoms with Crippen molar-refractivity contribution in [3.05, 3.63) is 95.0 Å². The third kappa shape index (κ3) is 4.59. The van der Waals surface area contributed by atoms with Gasteiger partial charge in [-0.3, -0.25) is 10.1 Å². The largest absolute Gasteiger partial charge is 0.478 e. The molecule has 0 spiro atoms. The lowest BCUT2D eigenvalue weighted by atomic mass is 10.2. The van der Waals surface area contributed by atoms with Crippen molar-refractivity contribution in [2.24, 2.45) is 5.10 Å². The van der Waals surface area contributed by atoms with Gasteiger partial charge in [0.15, 0.2) is 0 Å². The van der Waals surface area contributed by atoms with Gasteiger partial charge in [0.25, 0.3) is 0 Å². The average molecular weight is 402 g/mol. The summed E-state index contributed by atoms with van der Waals surface area (Å²) >= 11 is 1.63. The molecular formula is C22H18N4O2S. The number of hydrogen-bond donors (Lipinski definition) is 2. The van der Waals surface area contributed by atoms with Gasteiger partial charge in [-0.25, -0.2) is 4.79 Å². The molecule has 2 N–H and O–H groups in total. The van der Waals surface area contributed by atoms with Gasteiger partial charge < -0.3 is 5.11 Å².